The molecule has 0 atom stereocenters. The number of nitrogens with zero attached hydrogens (tertiary/aromatic N) is 2. The van der Waals surface area contributed by atoms with Gasteiger partial charge in [0.1, 0.15) is 0 Å². The maximum Gasteiger partial charge on any atom is 0.417 e. The van der Waals surface area contributed by atoms with Crippen LogP contribution in [0.2, 0.25) is 0 Å². The van der Waals surface area contributed by atoms with Crippen LogP contribution in [0.15, 0.2) is 42.9 Å². The Balaban J connectivity index is 1.87. The third kappa shape index (κ3) is 4.03. The fourth-order valence-electron chi connectivity index (χ4n) is 1.53. The Kier molecular flexibility index (Phi) is 4.11. The molecular formula is C13H12F3N3. The first-order valence-corrected chi connectivity index (χ1v) is 5.67. The predicted octanol–water partition coefficient (Wildman–Crippen LogP) is 2.79. The molecule has 19 heavy (non-hydrogen) atoms. The summed E-state index contributed by atoms with van der Waals surface area (Å²) in [6.07, 6.45) is -0.0795. The van der Waals surface area contributed by atoms with Crippen molar-refractivity contribution in [2.24, 2.45) is 0 Å². The highest BCUT2D eigenvalue weighted by Gasteiger charge is 2.30. The van der Waals surface area contributed by atoms with Gasteiger partial charge in [0.25, 0.3) is 0 Å². The second-order valence-corrected chi connectivity index (χ2v) is 4.00. The van der Waals surface area contributed by atoms with Gasteiger partial charge in [-0.1, -0.05) is 6.07 Å². The minimum Gasteiger partial charge on any atom is -0.307 e. The van der Waals surface area contributed by atoms with Gasteiger partial charge in [-0.15, -0.1) is 0 Å². The van der Waals surface area contributed by atoms with Crippen LogP contribution in [-0.4, -0.2) is 9.97 Å². The highest BCUT2D eigenvalue weighted by atomic mass is 19.4. The van der Waals surface area contributed by atoms with E-state index >= 15 is 0 Å². The molecule has 0 radical (unpaired) electrons. The minimum atomic E-state index is -4.34. The molecule has 6 heteroatoms. The van der Waals surface area contributed by atoms with Crippen LogP contribution in [0.3, 0.4) is 0 Å². The Labute approximate surface area is 108 Å². The van der Waals surface area contributed by atoms with Gasteiger partial charge in [-0.05, 0) is 23.8 Å². The van der Waals surface area contributed by atoms with Crippen molar-refractivity contribution in [3.8, 4) is 0 Å². The van der Waals surface area contributed by atoms with Gasteiger partial charge in [0.2, 0.25) is 0 Å². The van der Waals surface area contributed by atoms with Crippen molar-refractivity contribution >= 4 is 0 Å². The third-order valence-corrected chi connectivity index (χ3v) is 2.51. The summed E-state index contributed by atoms with van der Waals surface area (Å²) in [7, 11) is 0. The quantitative estimate of drug-likeness (QED) is 0.925. The summed E-state index contributed by atoms with van der Waals surface area (Å²) in [5.41, 5.74) is 0.842. The van der Waals surface area contributed by atoms with Gasteiger partial charge in [-0.25, -0.2) is 0 Å². The molecule has 0 aliphatic rings. The standard InChI is InChI=1S/C13H12F3N3/c14-13(15,16)11-3-4-12(19-8-11)9-18-7-10-2-1-5-17-6-10/h1-6,8,18H,7,9H2. The van der Waals surface area contributed by atoms with Crippen LogP contribution in [-0.2, 0) is 19.3 Å². The van der Waals surface area contributed by atoms with E-state index in [1.54, 1.807) is 12.4 Å². The molecule has 0 aliphatic heterocycles. The second kappa shape index (κ2) is 5.79. The highest BCUT2D eigenvalue weighted by molar-refractivity contribution is 5.17. The molecular weight excluding hydrogens is 255 g/mol. The first kappa shape index (κ1) is 13.5. The summed E-state index contributed by atoms with van der Waals surface area (Å²) >= 11 is 0. The van der Waals surface area contributed by atoms with Crippen molar-refractivity contribution in [2.75, 3.05) is 0 Å². The summed E-state index contributed by atoms with van der Waals surface area (Å²) in [6, 6.07) is 6.15. The Morgan fingerprint density at radius 1 is 1.05 bits per heavy atom. The summed E-state index contributed by atoms with van der Waals surface area (Å²) in [5.74, 6) is 0. The van der Waals surface area contributed by atoms with Crippen LogP contribution in [0.4, 0.5) is 13.2 Å². The summed E-state index contributed by atoms with van der Waals surface area (Å²) < 4.78 is 37.0. The van der Waals surface area contributed by atoms with E-state index in [1.165, 1.54) is 6.07 Å². The molecule has 0 saturated carbocycles. The monoisotopic (exact) mass is 267 g/mol. The van der Waals surface area contributed by atoms with E-state index < -0.39 is 11.7 Å². The SMILES string of the molecule is FC(F)(F)c1ccc(CNCc2cccnc2)nc1. The molecule has 0 aliphatic carbocycles. The van der Waals surface area contributed by atoms with E-state index in [9.17, 15) is 13.2 Å². The molecule has 0 saturated heterocycles. The molecule has 0 bridgehead atoms. The smallest absolute Gasteiger partial charge is 0.307 e. The number of alkyl halides is 3. The molecule has 0 unspecified atom stereocenters. The topological polar surface area (TPSA) is 37.8 Å². The Hall–Kier alpha value is -1.95. The molecule has 2 aromatic rings. The molecule has 1 N–H and O–H groups in total. The lowest BCUT2D eigenvalue weighted by molar-refractivity contribution is -0.137. The van der Waals surface area contributed by atoms with Crippen LogP contribution in [0.5, 0.6) is 0 Å². The van der Waals surface area contributed by atoms with Gasteiger partial charge in [0.15, 0.2) is 0 Å². The van der Waals surface area contributed by atoms with E-state index in [1.807, 2.05) is 12.1 Å². The molecule has 2 aromatic heterocycles. The molecule has 100 valence electrons. The van der Waals surface area contributed by atoms with Crippen LogP contribution < -0.4 is 5.32 Å². The molecule has 3 nitrogen and oxygen atoms in total. The third-order valence-electron chi connectivity index (χ3n) is 2.51. The fourth-order valence-corrected chi connectivity index (χ4v) is 1.53. The first-order chi connectivity index (χ1) is 9.05. The molecule has 0 spiro atoms. The van der Waals surface area contributed by atoms with Crippen molar-refractivity contribution in [2.45, 2.75) is 19.3 Å². The molecule has 2 heterocycles. The Morgan fingerprint density at radius 3 is 2.47 bits per heavy atom. The van der Waals surface area contributed by atoms with E-state index in [0.29, 0.717) is 18.8 Å². The van der Waals surface area contributed by atoms with Crippen LogP contribution in [0.25, 0.3) is 0 Å². The van der Waals surface area contributed by atoms with Gasteiger partial charge in [0.05, 0.1) is 11.3 Å². The van der Waals surface area contributed by atoms with Crippen molar-refractivity contribution in [3.05, 3.63) is 59.7 Å². The second-order valence-electron chi connectivity index (χ2n) is 4.00. The highest BCUT2D eigenvalue weighted by Crippen LogP contribution is 2.28. The Morgan fingerprint density at radius 2 is 1.89 bits per heavy atom. The van der Waals surface area contributed by atoms with Crippen LogP contribution in [0.1, 0.15) is 16.8 Å². The average Bonchev–Trinajstić information content (AvgIpc) is 2.39. The van der Waals surface area contributed by atoms with E-state index in [0.717, 1.165) is 17.8 Å². The van der Waals surface area contributed by atoms with Crippen molar-refractivity contribution in [1.29, 1.82) is 0 Å². The van der Waals surface area contributed by atoms with Crippen LogP contribution >= 0.6 is 0 Å². The van der Waals surface area contributed by atoms with E-state index in [4.69, 9.17) is 0 Å². The predicted molar refractivity (Wildman–Crippen MR) is 64.0 cm³/mol. The maximum atomic E-state index is 12.3. The number of nitrogens with one attached hydrogen (secondary N) is 1. The number of rotatable bonds is 4. The first-order valence-electron chi connectivity index (χ1n) is 5.67. The van der Waals surface area contributed by atoms with Gasteiger partial charge >= 0.3 is 6.18 Å². The molecule has 0 fully saturated rings. The minimum absolute atomic E-state index is 0.410. The number of hydrogen-bond donors (Lipinski definition) is 1. The summed E-state index contributed by atoms with van der Waals surface area (Å²) in [6.45, 7) is 1.00. The maximum absolute atomic E-state index is 12.3. The Bertz CT molecular complexity index is 509. The lowest BCUT2D eigenvalue weighted by Gasteiger charge is -2.07. The molecule has 2 rings (SSSR count). The van der Waals surface area contributed by atoms with Gasteiger partial charge in [-0.3, -0.25) is 9.97 Å². The van der Waals surface area contributed by atoms with Gasteiger partial charge in [-0.2, -0.15) is 13.2 Å². The normalized spacial score (nSPS) is 11.5. The largest absolute Gasteiger partial charge is 0.417 e. The zero-order valence-corrected chi connectivity index (χ0v) is 9.98. The van der Waals surface area contributed by atoms with Crippen molar-refractivity contribution < 1.29 is 13.2 Å². The zero-order valence-electron chi connectivity index (χ0n) is 9.98. The number of halogens is 3. The summed E-state index contributed by atoms with van der Waals surface area (Å²) in [4.78, 5) is 7.75. The number of pyridine rings is 2. The van der Waals surface area contributed by atoms with Crippen molar-refractivity contribution in [3.63, 3.8) is 0 Å². The lowest BCUT2D eigenvalue weighted by Crippen LogP contribution is -2.14. The lowest BCUT2D eigenvalue weighted by atomic mass is 10.2. The fraction of sp³-hybridized carbons (Fsp3) is 0.231. The van der Waals surface area contributed by atoms with E-state index in [-0.39, 0.29) is 0 Å². The number of hydrogen-bond acceptors (Lipinski definition) is 3. The van der Waals surface area contributed by atoms with Gasteiger partial charge < -0.3 is 5.32 Å². The van der Waals surface area contributed by atoms with Crippen molar-refractivity contribution in [1.82, 2.24) is 15.3 Å². The zero-order chi connectivity index (χ0) is 13.7. The molecule has 0 aromatic carbocycles. The summed E-state index contributed by atoms with van der Waals surface area (Å²) in [5, 5.41) is 3.09. The van der Waals surface area contributed by atoms with E-state index in [2.05, 4.69) is 15.3 Å². The number of aromatic nitrogens is 2. The molecule has 0 amide bonds. The van der Waals surface area contributed by atoms with Crippen LogP contribution in [0, 0.1) is 0 Å². The van der Waals surface area contributed by atoms with Gasteiger partial charge in [0, 0.05) is 31.7 Å². The average molecular weight is 267 g/mol.